The number of benzene rings is 1. The molecule has 1 saturated heterocycles. The number of carbonyl (C=O) groups excluding carboxylic acids is 1. The highest BCUT2D eigenvalue weighted by Gasteiger charge is 2.52. The number of amides is 1. The molecule has 1 aliphatic heterocycles. The van der Waals surface area contributed by atoms with Crippen molar-refractivity contribution in [3.8, 4) is 0 Å². The molecular weight excluding hydrogens is 236 g/mol. The number of likely N-dealkylation sites (tertiary alicyclic amines) is 1. The van der Waals surface area contributed by atoms with Crippen LogP contribution in [0, 0.1) is 5.41 Å². The number of pyridine rings is 1. The van der Waals surface area contributed by atoms with E-state index in [-0.39, 0.29) is 0 Å². The Bertz CT molecular complexity index is 638. The van der Waals surface area contributed by atoms with Gasteiger partial charge in [0.2, 0.25) is 6.41 Å². The molecule has 0 atom stereocenters. The average molecular weight is 252 g/mol. The number of fused-ring (bicyclic) bond motifs is 1. The topological polar surface area (TPSA) is 33.2 Å². The summed E-state index contributed by atoms with van der Waals surface area (Å²) in [4.78, 5) is 16.7. The molecule has 1 aromatic heterocycles. The van der Waals surface area contributed by atoms with Crippen molar-refractivity contribution in [3.63, 3.8) is 0 Å². The van der Waals surface area contributed by atoms with E-state index in [4.69, 9.17) is 0 Å². The van der Waals surface area contributed by atoms with Crippen LogP contribution in [0.1, 0.15) is 24.3 Å². The second-order valence-electron chi connectivity index (χ2n) is 6.10. The largest absolute Gasteiger partial charge is 0.344 e. The van der Waals surface area contributed by atoms with Crippen LogP contribution in [0.5, 0.6) is 0 Å². The van der Waals surface area contributed by atoms with Crippen molar-refractivity contribution in [1.29, 1.82) is 0 Å². The van der Waals surface area contributed by atoms with Gasteiger partial charge in [0.25, 0.3) is 0 Å². The first-order chi connectivity index (χ1) is 9.28. The molecule has 3 heteroatoms. The molecule has 0 unspecified atom stereocenters. The number of aromatic nitrogens is 1. The molecular formula is C16H16N2O. The van der Waals surface area contributed by atoms with Gasteiger partial charge in [0.05, 0.1) is 0 Å². The molecule has 1 amide bonds. The summed E-state index contributed by atoms with van der Waals surface area (Å²) in [6.45, 7) is 1.93. The Labute approximate surface area is 112 Å². The summed E-state index contributed by atoms with van der Waals surface area (Å²) in [7, 11) is 0. The van der Waals surface area contributed by atoms with Crippen LogP contribution in [0.15, 0.2) is 36.7 Å². The first-order valence-corrected chi connectivity index (χ1v) is 6.81. The lowest BCUT2D eigenvalue weighted by Gasteiger charge is -2.58. The Morgan fingerprint density at radius 3 is 2.84 bits per heavy atom. The van der Waals surface area contributed by atoms with Crippen LogP contribution in [-0.4, -0.2) is 29.4 Å². The summed E-state index contributed by atoms with van der Waals surface area (Å²) >= 11 is 0. The fourth-order valence-corrected chi connectivity index (χ4v) is 3.73. The quantitative estimate of drug-likeness (QED) is 0.770. The molecule has 19 heavy (non-hydrogen) atoms. The third-order valence-electron chi connectivity index (χ3n) is 4.72. The lowest BCUT2D eigenvalue weighted by atomic mass is 9.56. The van der Waals surface area contributed by atoms with E-state index in [1.54, 1.807) is 0 Å². The molecule has 3 nitrogen and oxygen atoms in total. The lowest BCUT2D eigenvalue weighted by Crippen LogP contribution is -2.60. The van der Waals surface area contributed by atoms with Gasteiger partial charge in [-0.05, 0) is 35.8 Å². The van der Waals surface area contributed by atoms with Crippen molar-refractivity contribution in [1.82, 2.24) is 9.88 Å². The minimum Gasteiger partial charge on any atom is -0.344 e. The highest BCUT2D eigenvalue weighted by molar-refractivity contribution is 5.82. The smallest absolute Gasteiger partial charge is 0.209 e. The monoisotopic (exact) mass is 252 g/mol. The van der Waals surface area contributed by atoms with Crippen LogP contribution >= 0.6 is 0 Å². The van der Waals surface area contributed by atoms with Gasteiger partial charge < -0.3 is 4.90 Å². The van der Waals surface area contributed by atoms with Crippen LogP contribution in [-0.2, 0) is 4.79 Å². The normalized spacial score (nSPS) is 21.2. The maximum absolute atomic E-state index is 10.6. The maximum atomic E-state index is 10.6. The number of hydrogen-bond donors (Lipinski definition) is 0. The van der Waals surface area contributed by atoms with Crippen molar-refractivity contribution in [2.75, 3.05) is 13.1 Å². The van der Waals surface area contributed by atoms with Crippen molar-refractivity contribution < 1.29 is 4.79 Å². The Hall–Kier alpha value is -1.90. The minimum absolute atomic E-state index is 0.443. The summed E-state index contributed by atoms with van der Waals surface area (Å²) in [5.41, 5.74) is 1.88. The molecule has 96 valence electrons. The van der Waals surface area contributed by atoms with Crippen molar-refractivity contribution >= 4 is 17.2 Å². The summed E-state index contributed by atoms with van der Waals surface area (Å²) in [6.07, 6.45) is 7.20. The van der Waals surface area contributed by atoms with Crippen molar-refractivity contribution in [2.45, 2.75) is 18.8 Å². The molecule has 1 saturated carbocycles. The van der Waals surface area contributed by atoms with E-state index in [9.17, 15) is 4.79 Å². The number of rotatable bonds is 2. The number of nitrogens with zero attached hydrogens (tertiary/aromatic N) is 2. The Balaban J connectivity index is 1.52. The third kappa shape index (κ3) is 1.65. The first-order valence-electron chi connectivity index (χ1n) is 6.81. The predicted octanol–water partition coefficient (Wildman–Crippen LogP) is 2.57. The number of carbonyl (C=O) groups is 1. The second kappa shape index (κ2) is 3.80. The van der Waals surface area contributed by atoms with Gasteiger partial charge in [0.1, 0.15) is 0 Å². The minimum atomic E-state index is 0.443. The van der Waals surface area contributed by atoms with Crippen molar-refractivity contribution in [2.24, 2.45) is 5.41 Å². The molecule has 1 spiro atoms. The molecule has 1 aromatic carbocycles. The molecule has 1 aliphatic carbocycles. The van der Waals surface area contributed by atoms with Gasteiger partial charge in [-0.3, -0.25) is 9.78 Å². The Morgan fingerprint density at radius 2 is 2.05 bits per heavy atom. The fourth-order valence-electron chi connectivity index (χ4n) is 3.73. The standard InChI is InChI=1S/C16H16N2O/c19-11-18-9-16(10-18)6-15(7-16)12-1-2-14-8-17-4-3-13(14)5-12/h1-5,8,11,15H,6-7,9-10H2. The van der Waals surface area contributed by atoms with Gasteiger partial charge in [0.15, 0.2) is 0 Å². The van der Waals surface area contributed by atoms with Gasteiger partial charge in [0, 0.05) is 36.3 Å². The first kappa shape index (κ1) is 11.0. The summed E-state index contributed by atoms with van der Waals surface area (Å²) < 4.78 is 0. The van der Waals surface area contributed by atoms with Gasteiger partial charge in [-0.25, -0.2) is 0 Å². The molecule has 0 bridgehead atoms. The van der Waals surface area contributed by atoms with E-state index in [1.165, 1.54) is 29.2 Å². The Morgan fingerprint density at radius 1 is 1.21 bits per heavy atom. The lowest BCUT2D eigenvalue weighted by molar-refractivity contribution is -0.137. The summed E-state index contributed by atoms with van der Waals surface area (Å²) in [5, 5.41) is 2.48. The van der Waals surface area contributed by atoms with Crippen LogP contribution in [0.4, 0.5) is 0 Å². The SMILES string of the molecule is O=CN1CC2(CC(c3ccc4cnccc4c3)C2)C1. The fraction of sp³-hybridized carbons (Fsp3) is 0.375. The van der Waals surface area contributed by atoms with Gasteiger partial charge in [-0.1, -0.05) is 18.2 Å². The third-order valence-corrected chi connectivity index (χ3v) is 4.72. The summed E-state index contributed by atoms with van der Waals surface area (Å²) in [5.74, 6) is 0.673. The van der Waals surface area contributed by atoms with Gasteiger partial charge in [-0.2, -0.15) is 0 Å². The van der Waals surface area contributed by atoms with Crippen LogP contribution in [0.2, 0.25) is 0 Å². The zero-order chi connectivity index (χ0) is 12.9. The summed E-state index contributed by atoms with van der Waals surface area (Å²) in [6, 6.07) is 8.77. The van der Waals surface area contributed by atoms with E-state index < -0.39 is 0 Å². The zero-order valence-corrected chi connectivity index (χ0v) is 10.7. The number of hydrogen-bond acceptors (Lipinski definition) is 2. The van der Waals surface area contributed by atoms with E-state index >= 15 is 0 Å². The molecule has 2 aliphatic rings. The van der Waals surface area contributed by atoms with Gasteiger partial charge in [-0.15, -0.1) is 0 Å². The maximum Gasteiger partial charge on any atom is 0.209 e. The predicted molar refractivity (Wildman–Crippen MR) is 73.8 cm³/mol. The van der Waals surface area contributed by atoms with E-state index in [1.807, 2.05) is 17.3 Å². The van der Waals surface area contributed by atoms with Crippen LogP contribution in [0.25, 0.3) is 10.8 Å². The van der Waals surface area contributed by atoms with E-state index in [0.29, 0.717) is 11.3 Å². The van der Waals surface area contributed by atoms with E-state index in [0.717, 1.165) is 19.5 Å². The van der Waals surface area contributed by atoms with Crippen LogP contribution in [0.3, 0.4) is 0 Å². The average Bonchev–Trinajstić information content (AvgIpc) is 2.36. The van der Waals surface area contributed by atoms with Gasteiger partial charge >= 0.3 is 0 Å². The Kier molecular flexibility index (Phi) is 2.19. The molecule has 0 N–H and O–H groups in total. The second-order valence-corrected chi connectivity index (χ2v) is 6.10. The highest BCUT2D eigenvalue weighted by atomic mass is 16.1. The molecule has 4 rings (SSSR count). The molecule has 2 heterocycles. The van der Waals surface area contributed by atoms with Crippen LogP contribution < -0.4 is 0 Å². The van der Waals surface area contributed by atoms with Crippen molar-refractivity contribution in [3.05, 3.63) is 42.2 Å². The molecule has 2 aromatic rings. The highest BCUT2D eigenvalue weighted by Crippen LogP contribution is 2.55. The zero-order valence-electron chi connectivity index (χ0n) is 10.7. The van der Waals surface area contributed by atoms with E-state index in [2.05, 4.69) is 29.2 Å². The molecule has 2 fully saturated rings. The molecule has 0 radical (unpaired) electrons.